The Morgan fingerprint density at radius 2 is 1.49 bits per heavy atom. The first kappa shape index (κ1) is 31.8. The summed E-state index contributed by atoms with van der Waals surface area (Å²) in [6.07, 6.45) is 1.21. The molecule has 0 aliphatic rings. The summed E-state index contributed by atoms with van der Waals surface area (Å²) in [6.45, 7) is 8.62. The molecule has 3 aromatic carbocycles. The molecule has 7 nitrogen and oxygen atoms in total. The van der Waals surface area contributed by atoms with Crippen molar-refractivity contribution in [2.45, 2.75) is 65.1 Å². The molecule has 220 valence electrons. The normalized spacial score (nSPS) is 12.6. The number of benzene rings is 3. The fraction of sp³-hybridized carbons (Fsp3) is 0.375. The molecule has 0 heterocycles. The zero-order valence-electron chi connectivity index (χ0n) is 24.6. The highest BCUT2D eigenvalue weighted by Crippen LogP contribution is 2.29. The largest absolute Gasteiger partial charge is 0.350 e. The van der Waals surface area contributed by atoms with Gasteiger partial charge in [0.1, 0.15) is 18.4 Å². The van der Waals surface area contributed by atoms with Crippen LogP contribution < -0.4 is 9.62 Å². The highest BCUT2D eigenvalue weighted by Gasteiger charge is 2.35. The van der Waals surface area contributed by atoms with Gasteiger partial charge in [-0.3, -0.25) is 13.9 Å². The summed E-state index contributed by atoms with van der Waals surface area (Å²) in [5.74, 6) is -1.57. The fourth-order valence-electron chi connectivity index (χ4n) is 4.61. The summed E-state index contributed by atoms with van der Waals surface area (Å²) in [7, 11) is -3.91. The zero-order valence-corrected chi connectivity index (χ0v) is 25.4. The van der Waals surface area contributed by atoms with Crippen LogP contribution in [0, 0.1) is 5.82 Å². The average molecular weight is 582 g/mol. The van der Waals surface area contributed by atoms with E-state index in [-0.39, 0.29) is 24.4 Å². The Morgan fingerprint density at radius 3 is 2.07 bits per heavy atom. The van der Waals surface area contributed by atoms with Crippen molar-refractivity contribution in [2.24, 2.45) is 0 Å². The van der Waals surface area contributed by atoms with E-state index in [0.29, 0.717) is 5.69 Å². The Labute approximate surface area is 243 Å². The molecule has 1 atom stereocenters. The van der Waals surface area contributed by atoms with Gasteiger partial charge in [0.2, 0.25) is 21.8 Å². The molecule has 0 aliphatic carbocycles. The first-order valence-electron chi connectivity index (χ1n) is 13.6. The lowest BCUT2D eigenvalue weighted by Gasteiger charge is -2.35. The molecule has 0 saturated carbocycles. The smallest absolute Gasteiger partial charge is 0.244 e. The molecule has 0 aromatic heterocycles. The van der Waals surface area contributed by atoms with Crippen molar-refractivity contribution in [2.75, 3.05) is 17.1 Å². The lowest BCUT2D eigenvalue weighted by molar-refractivity contribution is -0.140. The zero-order chi connectivity index (χ0) is 30.4. The van der Waals surface area contributed by atoms with Gasteiger partial charge >= 0.3 is 0 Å². The lowest BCUT2D eigenvalue weighted by Crippen LogP contribution is -2.56. The van der Waals surface area contributed by atoms with Crippen molar-refractivity contribution in [1.82, 2.24) is 10.2 Å². The minimum absolute atomic E-state index is 0.0107. The lowest BCUT2D eigenvalue weighted by atomic mass is 10.00. The van der Waals surface area contributed by atoms with E-state index in [1.807, 2.05) is 77.1 Å². The van der Waals surface area contributed by atoms with E-state index >= 15 is 0 Å². The summed E-state index contributed by atoms with van der Waals surface area (Å²) in [4.78, 5) is 29.2. The third-order valence-corrected chi connectivity index (χ3v) is 7.70. The molecule has 1 N–H and O–H groups in total. The fourth-order valence-corrected chi connectivity index (χ4v) is 5.48. The van der Waals surface area contributed by atoms with Gasteiger partial charge in [-0.1, -0.05) is 80.6 Å². The first-order valence-corrected chi connectivity index (χ1v) is 15.5. The molecule has 3 aromatic rings. The van der Waals surface area contributed by atoms with Gasteiger partial charge < -0.3 is 10.2 Å². The van der Waals surface area contributed by atoms with E-state index in [0.717, 1.165) is 21.7 Å². The Kier molecular flexibility index (Phi) is 10.3. The maximum atomic E-state index is 14.9. The van der Waals surface area contributed by atoms with Gasteiger partial charge in [0.25, 0.3) is 0 Å². The second kappa shape index (κ2) is 13.3. The summed E-state index contributed by atoms with van der Waals surface area (Å²) in [5, 5.41) is 2.96. The molecule has 3 rings (SSSR count). The van der Waals surface area contributed by atoms with E-state index < -0.39 is 45.8 Å². The molecule has 0 spiro atoms. The molecule has 2 amide bonds. The molecule has 1 unspecified atom stereocenters. The predicted octanol–water partition coefficient (Wildman–Crippen LogP) is 5.27. The number of rotatable bonds is 11. The number of amides is 2. The molecular weight excluding hydrogens is 541 g/mol. The summed E-state index contributed by atoms with van der Waals surface area (Å²) < 4.78 is 42.1. The Balaban J connectivity index is 2.12. The van der Waals surface area contributed by atoms with Crippen molar-refractivity contribution in [3.63, 3.8) is 0 Å². The number of nitrogens with one attached hydrogen (secondary N) is 1. The summed E-state index contributed by atoms with van der Waals surface area (Å²) in [5.41, 5.74) is 1.57. The standard InChI is InChI=1S/C32H40FN3O4S/c1-23(2)26-17-11-13-19-28(26)36(41(6,39)40)22-30(37)35(21-25-16-10-12-18-27(25)33)29(31(38)34-32(3,4)5)20-24-14-8-7-9-15-24/h7-19,23,29H,20-22H2,1-6H3,(H,34,38). The van der Waals surface area contributed by atoms with E-state index in [1.54, 1.807) is 30.3 Å². The van der Waals surface area contributed by atoms with Gasteiger partial charge in [0.15, 0.2) is 0 Å². The van der Waals surface area contributed by atoms with E-state index in [4.69, 9.17) is 0 Å². The van der Waals surface area contributed by atoms with E-state index in [2.05, 4.69) is 5.32 Å². The average Bonchev–Trinajstić information content (AvgIpc) is 2.89. The van der Waals surface area contributed by atoms with Gasteiger partial charge in [-0.05, 0) is 49.9 Å². The van der Waals surface area contributed by atoms with Gasteiger partial charge in [0, 0.05) is 24.1 Å². The van der Waals surface area contributed by atoms with Gasteiger partial charge in [-0.25, -0.2) is 12.8 Å². The van der Waals surface area contributed by atoms with Crippen molar-refractivity contribution in [1.29, 1.82) is 0 Å². The third kappa shape index (κ3) is 8.88. The molecule has 0 aliphatic heterocycles. The Morgan fingerprint density at radius 1 is 0.902 bits per heavy atom. The number of sulfonamides is 1. The molecule has 41 heavy (non-hydrogen) atoms. The van der Waals surface area contributed by atoms with Crippen LogP contribution in [0.5, 0.6) is 0 Å². The maximum Gasteiger partial charge on any atom is 0.244 e. The summed E-state index contributed by atoms with van der Waals surface area (Å²) in [6, 6.07) is 21.3. The summed E-state index contributed by atoms with van der Waals surface area (Å²) >= 11 is 0. The van der Waals surface area contributed by atoms with Crippen molar-refractivity contribution < 1.29 is 22.4 Å². The molecular formula is C32H40FN3O4S. The van der Waals surface area contributed by atoms with E-state index in [9.17, 15) is 22.4 Å². The Hall–Kier alpha value is -3.72. The number of anilines is 1. The van der Waals surface area contributed by atoms with Crippen LogP contribution >= 0.6 is 0 Å². The number of hydrogen-bond acceptors (Lipinski definition) is 4. The van der Waals surface area contributed by atoms with Crippen LogP contribution in [0.1, 0.15) is 57.2 Å². The number of carbonyl (C=O) groups is 2. The first-order chi connectivity index (χ1) is 19.2. The van der Waals surface area contributed by atoms with Crippen molar-refractivity contribution >= 4 is 27.5 Å². The monoisotopic (exact) mass is 581 g/mol. The van der Waals surface area contributed by atoms with E-state index in [1.165, 1.54) is 11.0 Å². The number of hydrogen-bond donors (Lipinski definition) is 1. The van der Waals surface area contributed by atoms with Crippen LogP contribution in [-0.4, -0.2) is 49.5 Å². The number of nitrogens with zero attached hydrogens (tertiary/aromatic N) is 2. The third-order valence-electron chi connectivity index (χ3n) is 6.57. The molecule has 0 radical (unpaired) electrons. The van der Waals surface area contributed by atoms with Crippen LogP contribution in [0.3, 0.4) is 0 Å². The highest BCUT2D eigenvalue weighted by molar-refractivity contribution is 7.92. The van der Waals surface area contributed by atoms with Crippen LogP contribution in [0.2, 0.25) is 0 Å². The molecule has 0 bridgehead atoms. The second-order valence-electron chi connectivity index (χ2n) is 11.5. The minimum atomic E-state index is -3.91. The second-order valence-corrected chi connectivity index (χ2v) is 13.4. The van der Waals surface area contributed by atoms with Crippen LogP contribution in [0.15, 0.2) is 78.9 Å². The van der Waals surface area contributed by atoms with Gasteiger partial charge in [-0.15, -0.1) is 0 Å². The molecule has 0 saturated heterocycles. The minimum Gasteiger partial charge on any atom is -0.350 e. The number of halogens is 1. The molecule has 0 fully saturated rings. The van der Waals surface area contributed by atoms with Gasteiger partial charge in [0.05, 0.1) is 11.9 Å². The quantitative estimate of drug-likeness (QED) is 0.334. The van der Waals surface area contributed by atoms with Crippen LogP contribution in [-0.2, 0) is 32.6 Å². The van der Waals surface area contributed by atoms with Crippen LogP contribution in [0.4, 0.5) is 10.1 Å². The number of carbonyl (C=O) groups excluding carboxylic acids is 2. The van der Waals surface area contributed by atoms with Gasteiger partial charge in [-0.2, -0.15) is 0 Å². The van der Waals surface area contributed by atoms with Crippen molar-refractivity contribution in [3.05, 3.63) is 101 Å². The Bertz CT molecular complexity index is 1450. The molecule has 9 heteroatoms. The predicted molar refractivity (Wildman–Crippen MR) is 162 cm³/mol. The number of para-hydroxylation sites is 1. The highest BCUT2D eigenvalue weighted by atomic mass is 32.2. The maximum absolute atomic E-state index is 14.9. The SMILES string of the molecule is CC(C)c1ccccc1N(CC(=O)N(Cc1ccccc1F)C(Cc1ccccc1)C(=O)NC(C)(C)C)S(C)(=O)=O. The van der Waals surface area contributed by atoms with Crippen molar-refractivity contribution in [3.8, 4) is 0 Å². The van der Waals surface area contributed by atoms with Crippen LogP contribution in [0.25, 0.3) is 0 Å². The topological polar surface area (TPSA) is 86.8 Å².